The molecule has 0 saturated carbocycles. The van der Waals surface area contributed by atoms with Crippen molar-refractivity contribution >= 4 is 5.91 Å². The first-order valence-electron chi connectivity index (χ1n) is 7.66. The lowest BCUT2D eigenvalue weighted by Gasteiger charge is -2.32. The first-order valence-corrected chi connectivity index (χ1v) is 7.66. The number of rotatable bonds is 9. The van der Waals surface area contributed by atoms with Gasteiger partial charge >= 0.3 is 6.18 Å². The average molecular weight is 325 g/mol. The number of hydrogen-bond donors (Lipinski definition) is 2. The Balaban J connectivity index is 2.04. The van der Waals surface area contributed by atoms with Gasteiger partial charge in [0.2, 0.25) is 5.91 Å². The van der Waals surface area contributed by atoms with Crippen LogP contribution in [0.5, 0.6) is 0 Å². The van der Waals surface area contributed by atoms with Gasteiger partial charge in [-0.15, -0.1) is 0 Å². The minimum Gasteiger partial charge on any atom is -0.383 e. The zero-order valence-corrected chi connectivity index (χ0v) is 13.0. The molecule has 0 bridgehead atoms. The maximum atomic E-state index is 12.3. The second-order valence-corrected chi connectivity index (χ2v) is 5.64. The monoisotopic (exact) mass is 325 g/mol. The number of hydrogen-bond acceptors (Lipinski definition) is 4. The fraction of sp³-hybridized carbons (Fsp3) is 0.929. The summed E-state index contributed by atoms with van der Waals surface area (Å²) in [5.74, 6) is 0.330. The summed E-state index contributed by atoms with van der Waals surface area (Å²) in [6.45, 7) is 2.17. The van der Waals surface area contributed by atoms with Gasteiger partial charge in [0.15, 0.2) is 0 Å². The molecule has 0 aromatic rings. The standard InChI is InChI=1S/C14H26F3N3O2/c1-22-9-6-18-10-13(21)19-5-2-12-3-7-20(8-4-12)11-14(15,16)17/h12,18H,2-11H2,1H3,(H,19,21). The molecule has 1 aliphatic rings. The largest absolute Gasteiger partial charge is 0.401 e. The van der Waals surface area contributed by atoms with Crippen molar-refractivity contribution in [3.63, 3.8) is 0 Å². The third kappa shape index (κ3) is 9.22. The van der Waals surface area contributed by atoms with Gasteiger partial charge in [0.25, 0.3) is 0 Å². The van der Waals surface area contributed by atoms with Crippen molar-refractivity contribution in [2.24, 2.45) is 5.92 Å². The molecule has 0 spiro atoms. The number of ether oxygens (including phenoxy) is 1. The van der Waals surface area contributed by atoms with Crippen LogP contribution in [0.4, 0.5) is 13.2 Å². The summed E-state index contributed by atoms with van der Waals surface area (Å²) in [5, 5.41) is 5.77. The molecule has 0 aromatic heterocycles. The van der Waals surface area contributed by atoms with Crippen LogP contribution in [0.25, 0.3) is 0 Å². The van der Waals surface area contributed by atoms with Crippen molar-refractivity contribution in [1.82, 2.24) is 15.5 Å². The lowest BCUT2D eigenvalue weighted by molar-refractivity contribution is -0.148. The number of alkyl halides is 3. The number of piperidine rings is 1. The van der Waals surface area contributed by atoms with E-state index in [0.29, 0.717) is 38.7 Å². The van der Waals surface area contributed by atoms with Crippen molar-refractivity contribution in [1.29, 1.82) is 0 Å². The van der Waals surface area contributed by atoms with Crippen LogP contribution >= 0.6 is 0 Å². The van der Waals surface area contributed by atoms with E-state index >= 15 is 0 Å². The Kier molecular flexibility index (Phi) is 8.74. The highest BCUT2D eigenvalue weighted by molar-refractivity contribution is 5.77. The fourth-order valence-electron chi connectivity index (χ4n) is 2.54. The highest BCUT2D eigenvalue weighted by Crippen LogP contribution is 2.23. The van der Waals surface area contributed by atoms with E-state index in [1.165, 1.54) is 4.90 Å². The molecule has 130 valence electrons. The van der Waals surface area contributed by atoms with Crippen LogP contribution in [0.2, 0.25) is 0 Å². The van der Waals surface area contributed by atoms with Gasteiger partial charge in [0, 0.05) is 20.2 Å². The van der Waals surface area contributed by atoms with Crippen molar-refractivity contribution in [3.8, 4) is 0 Å². The predicted octanol–water partition coefficient (Wildman–Crippen LogP) is 1.00. The number of methoxy groups -OCH3 is 1. The highest BCUT2D eigenvalue weighted by atomic mass is 19.4. The number of carbonyl (C=O) groups is 1. The van der Waals surface area contributed by atoms with E-state index in [9.17, 15) is 18.0 Å². The highest BCUT2D eigenvalue weighted by Gasteiger charge is 2.32. The number of likely N-dealkylation sites (tertiary alicyclic amines) is 1. The maximum absolute atomic E-state index is 12.3. The SMILES string of the molecule is COCCNCC(=O)NCCC1CCN(CC(F)(F)F)CC1. The van der Waals surface area contributed by atoms with Gasteiger partial charge in [-0.05, 0) is 38.3 Å². The normalized spacial score (nSPS) is 17.6. The molecule has 0 aromatic carbocycles. The van der Waals surface area contributed by atoms with E-state index in [2.05, 4.69) is 10.6 Å². The van der Waals surface area contributed by atoms with Gasteiger partial charge in [-0.1, -0.05) is 0 Å². The first kappa shape index (κ1) is 19.2. The van der Waals surface area contributed by atoms with Crippen LogP contribution in [0, 0.1) is 5.92 Å². The number of nitrogens with one attached hydrogen (secondary N) is 2. The van der Waals surface area contributed by atoms with Crippen LogP contribution in [0.15, 0.2) is 0 Å². The van der Waals surface area contributed by atoms with E-state index in [-0.39, 0.29) is 12.5 Å². The summed E-state index contributed by atoms with van der Waals surface area (Å²) in [5.41, 5.74) is 0. The molecule has 0 aliphatic carbocycles. The van der Waals surface area contributed by atoms with Gasteiger partial charge in [0.1, 0.15) is 0 Å². The number of halogens is 3. The molecule has 8 heteroatoms. The Bertz CT molecular complexity index is 319. The smallest absolute Gasteiger partial charge is 0.383 e. The third-order valence-electron chi connectivity index (χ3n) is 3.75. The number of carbonyl (C=O) groups excluding carboxylic acids is 1. The molecule has 0 unspecified atom stereocenters. The fourth-order valence-corrected chi connectivity index (χ4v) is 2.54. The Morgan fingerprint density at radius 1 is 1.27 bits per heavy atom. The second-order valence-electron chi connectivity index (χ2n) is 5.64. The van der Waals surface area contributed by atoms with Crippen molar-refractivity contribution in [2.75, 3.05) is 53.0 Å². The maximum Gasteiger partial charge on any atom is 0.401 e. The van der Waals surface area contributed by atoms with E-state index < -0.39 is 12.7 Å². The molecule has 22 heavy (non-hydrogen) atoms. The van der Waals surface area contributed by atoms with E-state index in [4.69, 9.17) is 4.74 Å². The lowest BCUT2D eigenvalue weighted by Crippen LogP contribution is -2.41. The molecule has 1 heterocycles. The number of nitrogens with zero attached hydrogens (tertiary/aromatic N) is 1. The van der Waals surface area contributed by atoms with Crippen LogP contribution in [-0.2, 0) is 9.53 Å². The first-order chi connectivity index (χ1) is 10.4. The average Bonchev–Trinajstić information content (AvgIpc) is 2.44. The summed E-state index contributed by atoms with van der Waals surface area (Å²) in [6.07, 6.45) is -1.77. The molecule has 1 aliphatic heterocycles. The number of amides is 1. The summed E-state index contributed by atoms with van der Waals surface area (Å²) >= 11 is 0. The molecule has 2 N–H and O–H groups in total. The van der Waals surface area contributed by atoms with Crippen molar-refractivity contribution < 1.29 is 22.7 Å². The molecule has 1 amide bonds. The topological polar surface area (TPSA) is 53.6 Å². The van der Waals surface area contributed by atoms with E-state index in [1.807, 2.05) is 0 Å². The predicted molar refractivity (Wildman–Crippen MR) is 77.6 cm³/mol. The van der Waals surface area contributed by atoms with E-state index in [0.717, 1.165) is 19.3 Å². The zero-order chi connectivity index (χ0) is 16.4. The van der Waals surface area contributed by atoms with E-state index in [1.54, 1.807) is 7.11 Å². The summed E-state index contributed by atoms with van der Waals surface area (Å²) in [4.78, 5) is 13.0. The van der Waals surface area contributed by atoms with Gasteiger partial charge in [-0.2, -0.15) is 13.2 Å². The molecule has 5 nitrogen and oxygen atoms in total. The quantitative estimate of drug-likeness (QED) is 0.621. The Hall–Kier alpha value is -0.860. The van der Waals surface area contributed by atoms with Crippen molar-refractivity contribution in [2.45, 2.75) is 25.4 Å². The van der Waals surface area contributed by atoms with Gasteiger partial charge < -0.3 is 15.4 Å². The summed E-state index contributed by atoms with van der Waals surface area (Å²) in [7, 11) is 1.60. The second kappa shape index (κ2) is 10.0. The lowest BCUT2D eigenvalue weighted by atomic mass is 9.93. The van der Waals surface area contributed by atoms with Crippen LogP contribution < -0.4 is 10.6 Å². The minimum absolute atomic E-state index is 0.0642. The molecule has 1 fully saturated rings. The molecular formula is C14H26F3N3O2. The summed E-state index contributed by atoms with van der Waals surface area (Å²) in [6, 6.07) is 0. The third-order valence-corrected chi connectivity index (χ3v) is 3.75. The molecule has 0 atom stereocenters. The summed E-state index contributed by atoms with van der Waals surface area (Å²) < 4.78 is 41.7. The molecule has 0 radical (unpaired) electrons. The van der Waals surface area contributed by atoms with Gasteiger partial charge in [-0.25, -0.2) is 0 Å². The molecular weight excluding hydrogens is 299 g/mol. The zero-order valence-electron chi connectivity index (χ0n) is 13.0. The molecule has 1 saturated heterocycles. The van der Waals surface area contributed by atoms with Crippen LogP contribution in [0.3, 0.4) is 0 Å². The Labute approximate surface area is 129 Å². The Morgan fingerprint density at radius 2 is 1.95 bits per heavy atom. The van der Waals surface area contributed by atoms with Crippen LogP contribution in [-0.4, -0.2) is 70.0 Å². The minimum atomic E-state index is -4.11. The van der Waals surface area contributed by atoms with Gasteiger partial charge in [0.05, 0.1) is 19.7 Å². The Morgan fingerprint density at radius 3 is 2.55 bits per heavy atom. The van der Waals surface area contributed by atoms with Crippen LogP contribution in [0.1, 0.15) is 19.3 Å². The molecule has 1 rings (SSSR count). The van der Waals surface area contributed by atoms with Gasteiger partial charge in [-0.3, -0.25) is 9.69 Å². The van der Waals surface area contributed by atoms with Crippen molar-refractivity contribution in [3.05, 3.63) is 0 Å².